The van der Waals surface area contributed by atoms with E-state index in [-0.39, 0.29) is 5.38 Å². The Morgan fingerprint density at radius 1 is 0.947 bits per heavy atom. The normalized spacial score (nSPS) is 12.3. The average molecular weight is 275 g/mol. The van der Waals surface area contributed by atoms with Gasteiger partial charge in [-0.2, -0.15) is 0 Å². The van der Waals surface area contributed by atoms with Crippen LogP contribution in [0, 0.1) is 0 Å². The zero-order valence-electron chi connectivity index (χ0n) is 11.2. The first kappa shape index (κ1) is 14.1. The molecule has 0 N–H and O–H groups in total. The highest BCUT2D eigenvalue weighted by Crippen LogP contribution is 2.25. The highest BCUT2D eigenvalue weighted by molar-refractivity contribution is 6.20. The van der Waals surface area contributed by atoms with Gasteiger partial charge in [0.25, 0.3) is 0 Å². The van der Waals surface area contributed by atoms with Crippen molar-refractivity contribution in [2.45, 2.75) is 18.2 Å². The van der Waals surface area contributed by atoms with Crippen LogP contribution >= 0.6 is 11.6 Å². The van der Waals surface area contributed by atoms with E-state index >= 15 is 0 Å². The van der Waals surface area contributed by atoms with Crippen molar-refractivity contribution in [3.05, 3.63) is 71.3 Å². The van der Waals surface area contributed by atoms with Gasteiger partial charge in [-0.1, -0.05) is 54.6 Å². The fourth-order valence-corrected chi connectivity index (χ4v) is 2.38. The topological polar surface area (TPSA) is 9.23 Å². The van der Waals surface area contributed by atoms with Crippen LogP contribution in [0.4, 0.5) is 0 Å². The van der Waals surface area contributed by atoms with Gasteiger partial charge in [0, 0.05) is 7.11 Å². The summed E-state index contributed by atoms with van der Waals surface area (Å²) in [5, 5.41) is 0.0267. The zero-order chi connectivity index (χ0) is 13.5. The van der Waals surface area contributed by atoms with E-state index in [2.05, 4.69) is 36.4 Å². The first-order valence-corrected chi connectivity index (χ1v) is 6.99. The highest BCUT2D eigenvalue weighted by Gasteiger charge is 2.08. The van der Waals surface area contributed by atoms with Crippen molar-refractivity contribution >= 4 is 11.6 Å². The predicted molar refractivity (Wildman–Crippen MR) is 80.8 cm³/mol. The van der Waals surface area contributed by atoms with Crippen LogP contribution in [0.2, 0.25) is 0 Å². The Morgan fingerprint density at radius 3 is 2.26 bits per heavy atom. The van der Waals surface area contributed by atoms with Gasteiger partial charge in [0.2, 0.25) is 0 Å². The summed E-state index contributed by atoms with van der Waals surface area (Å²) in [6, 6.07) is 18.8. The van der Waals surface area contributed by atoms with Gasteiger partial charge in [0.15, 0.2) is 0 Å². The fraction of sp³-hybridized carbons (Fsp3) is 0.294. The van der Waals surface area contributed by atoms with E-state index in [1.54, 1.807) is 7.11 Å². The molecule has 2 heteroatoms. The number of benzene rings is 2. The number of methoxy groups -OCH3 is 1. The maximum atomic E-state index is 6.47. The summed E-state index contributed by atoms with van der Waals surface area (Å²) in [6.45, 7) is 0.758. The lowest BCUT2D eigenvalue weighted by Gasteiger charge is -2.11. The van der Waals surface area contributed by atoms with Gasteiger partial charge in [-0.3, -0.25) is 0 Å². The molecule has 2 aromatic rings. The zero-order valence-corrected chi connectivity index (χ0v) is 11.9. The molecule has 0 aliphatic rings. The van der Waals surface area contributed by atoms with Crippen LogP contribution in [-0.2, 0) is 17.6 Å². The third-order valence-electron chi connectivity index (χ3n) is 3.19. The summed E-state index contributed by atoms with van der Waals surface area (Å²) in [5.74, 6) is 0. The molecule has 0 heterocycles. The molecule has 2 aromatic carbocycles. The minimum absolute atomic E-state index is 0.0267. The molecule has 0 radical (unpaired) electrons. The Balaban J connectivity index is 1.97. The highest BCUT2D eigenvalue weighted by atomic mass is 35.5. The van der Waals surface area contributed by atoms with Gasteiger partial charge in [0.1, 0.15) is 0 Å². The minimum atomic E-state index is 0.0267. The molecule has 0 aromatic heterocycles. The molecule has 0 amide bonds. The first-order valence-electron chi connectivity index (χ1n) is 6.55. The van der Waals surface area contributed by atoms with Crippen molar-refractivity contribution < 1.29 is 4.74 Å². The summed E-state index contributed by atoms with van der Waals surface area (Å²) in [4.78, 5) is 0. The van der Waals surface area contributed by atoms with Crippen LogP contribution in [-0.4, -0.2) is 13.7 Å². The Bertz CT molecular complexity index is 478. The SMILES string of the molecule is COCCc1ccc(C(Cl)Cc2ccccc2)cc1. The van der Waals surface area contributed by atoms with Crippen molar-refractivity contribution in [1.82, 2.24) is 0 Å². The van der Waals surface area contributed by atoms with Crippen LogP contribution in [0.25, 0.3) is 0 Å². The summed E-state index contributed by atoms with van der Waals surface area (Å²) >= 11 is 6.47. The second-order valence-electron chi connectivity index (χ2n) is 4.64. The minimum Gasteiger partial charge on any atom is -0.384 e. The van der Waals surface area contributed by atoms with Crippen molar-refractivity contribution in [2.24, 2.45) is 0 Å². The lowest BCUT2D eigenvalue weighted by Crippen LogP contribution is -1.98. The largest absolute Gasteiger partial charge is 0.384 e. The predicted octanol–water partition coefficient (Wildman–Crippen LogP) is 4.40. The number of hydrogen-bond donors (Lipinski definition) is 0. The molecule has 0 fully saturated rings. The van der Waals surface area contributed by atoms with Gasteiger partial charge in [0.05, 0.1) is 12.0 Å². The molecule has 0 saturated heterocycles. The summed E-state index contributed by atoms with van der Waals surface area (Å²) in [7, 11) is 1.73. The number of ether oxygens (including phenoxy) is 1. The molecule has 0 aliphatic heterocycles. The van der Waals surface area contributed by atoms with E-state index in [0.29, 0.717) is 0 Å². The van der Waals surface area contributed by atoms with E-state index in [4.69, 9.17) is 16.3 Å². The Kier molecular flexibility index (Phi) is 5.44. The number of alkyl halides is 1. The van der Waals surface area contributed by atoms with Crippen LogP contribution in [0.1, 0.15) is 22.1 Å². The quantitative estimate of drug-likeness (QED) is 0.710. The Morgan fingerprint density at radius 2 is 1.63 bits per heavy atom. The number of rotatable bonds is 6. The number of hydrogen-bond acceptors (Lipinski definition) is 1. The van der Waals surface area contributed by atoms with Gasteiger partial charge in [-0.05, 0) is 29.5 Å². The standard InChI is InChI=1S/C17H19ClO/c1-19-12-11-14-7-9-16(10-8-14)17(18)13-15-5-3-2-4-6-15/h2-10,17H,11-13H2,1H3. The maximum Gasteiger partial charge on any atom is 0.0625 e. The van der Waals surface area contributed by atoms with Gasteiger partial charge in [-0.15, -0.1) is 11.6 Å². The smallest absolute Gasteiger partial charge is 0.0625 e. The third-order valence-corrected chi connectivity index (χ3v) is 3.60. The van der Waals surface area contributed by atoms with E-state index in [0.717, 1.165) is 19.4 Å². The van der Waals surface area contributed by atoms with E-state index in [9.17, 15) is 0 Å². The molecule has 19 heavy (non-hydrogen) atoms. The maximum absolute atomic E-state index is 6.47. The van der Waals surface area contributed by atoms with Gasteiger partial charge >= 0.3 is 0 Å². The van der Waals surface area contributed by atoms with E-state index in [1.165, 1.54) is 16.7 Å². The lowest BCUT2D eigenvalue weighted by atomic mass is 10.0. The summed E-state index contributed by atoms with van der Waals surface area (Å²) < 4.78 is 5.08. The van der Waals surface area contributed by atoms with Gasteiger partial charge < -0.3 is 4.74 Å². The third kappa shape index (κ3) is 4.38. The first-order chi connectivity index (χ1) is 9.29. The van der Waals surface area contributed by atoms with Crippen molar-refractivity contribution in [3.8, 4) is 0 Å². The molecule has 2 rings (SSSR count). The summed E-state index contributed by atoms with van der Waals surface area (Å²) in [5.41, 5.74) is 3.73. The molecule has 1 unspecified atom stereocenters. The molecule has 1 atom stereocenters. The molecule has 0 bridgehead atoms. The molecule has 1 nitrogen and oxygen atoms in total. The average Bonchev–Trinajstić information content (AvgIpc) is 2.46. The molecule has 100 valence electrons. The van der Waals surface area contributed by atoms with Gasteiger partial charge in [-0.25, -0.2) is 0 Å². The Hall–Kier alpha value is -1.31. The molecule has 0 aliphatic carbocycles. The van der Waals surface area contributed by atoms with Crippen LogP contribution in [0.5, 0.6) is 0 Å². The molecule has 0 spiro atoms. The van der Waals surface area contributed by atoms with Crippen molar-refractivity contribution in [1.29, 1.82) is 0 Å². The summed E-state index contributed by atoms with van der Waals surface area (Å²) in [6.07, 6.45) is 1.81. The second-order valence-corrected chi connectivity index (χ2v) is 5.17. The monoisotopic (exact) mass is 274 g/mol. The lowest BCUT2D eigenvalue weighted by molar-refractivity contribution is 0.202. The fourth-order valence-electron chi connectivity index (χ4n) is 2.05. The van der Waals surface area contributed by atoms with Crippen LogP contribution in [0.15, 0.2) is 54.6 Å². The molecular weight excluding hydrogens is 256 g/mol. The van der Waals surface area contributed by atoms with Crippen molar-refractivity contribution in [2.75, 3.05) is 13.7 Å². The molecule has 0 saturated carbocycles. The van der Waals surface area contributed by atoms with Crippen LogP contribution < -0.4 is 0 Å². The second kappa shape index (κ2) is 7.32. The number of halogens is 1. The van der Waals surface area contributed by atoms with E-state index < -0.39 is 0 Å². The van der Waals surface area contributed by atoms with Crippen LogP contribution in [0.3, 0.4) is 0 Å². The Labute approximate surface area is 120 Å². The van der Waals surface area contributed by atoms with E-state index in [1.807, 2.05) is 18.2 Å². The van der Waals surface area contributed by atoms with Crippen molar-refractivity contribution in [3.63, 3.8) is 0 Å². The molecular formula is C17H19ClO.